The maximum atomic E-state index is 13.8. The molecule has 0 bridgehead atoms. The van der Waals surface area contributed by atoms with E-state index in [9.17, 15) is 18.0 Å². The van der Waals surface area contributed by atoms with E-state index in [0.717, 1.165) is 12.8 Å². The van der Waals surface area contributed by atoms with E-state index in [2.05, 4.69) is 20.6 Å². The van der Waals surface area contributed by atoms with Gasteiger partial charge in [0.25, 0.3) is 5.91 Å². The second-order valence-electron chi connectivity index (χ2n) is 8.33. The Hall–Kier alpha value is -3.95. The summed E-state index contributed by atoms with van der Waals surface area (Å²) in [7, 11) is 0. The van der Waals surface area contributed by atoms with Crippen LogP contribution in [0.4, 0.5) is 18.9 Å². The number of amides is 1. The molecule has 3 aromatic heterocycles. The van der Waals surface area contributed by atoms with Gasteiger partial charge < -0.3 is 9.84 Å². The van der Waals surface area contributed by atoms with Crippen molar-refractivity contribution in [2.24, 2.45) is 5.92 Å². The molecule has 1 unspecified atom stereocenters. The van der Waals surface area contributed by atoms with Gasteiger partial charge in [-0.1, -0.05) is 28.9 Å². The van der Waals surface area contributed by atoms with Crippen LogP contribution >= 0.6 is 0 Å². The Morgan fingerprint density at radius 3 is 2.74 bits per heavy atom. The molecule has 3 heterocycles. The molecule has 1 fully saturated rings. The van der Waals surface area contributed by atoms with Gasteiger partial charge in [-0.2, -0.15) is 18.3 Å². The minimum absolute atomic E-state index is 0.0451. The number of rotatable bonds is 6. The molecule has 4 aromatic rings. The molecule has 1 N–H and O–H groups in total. The summed E-state index contributed by atoms with van der Waals surface area (Å²) in [6.07, 6.45) is 1.70. The zero-order valence-corrected chi connectivity index (χ0v) is 18.1. The Kier molecular flexibility index (Phi) is 5.43. The Bertz CT molecular complexity index is 1330. The first-order valence-electron chi connectivity index (χ1n) is 10.7. The topological polar surface area (TPSA) is 85.8 Å². The SMILES string of the molecule is Cc1ccc(C(C2CC2)n2cc(NC(=O)c3cc(-c4ccccn4)on3)cn2)c(C(F)(F)F)c1. The predicted octanol–water partition coefficient (Wildman–Crippen LogP) is 5.51. The van der Waals surface area contributed by atoms with E-state index in [1.807, 2.05) is 0 Å². The van der Waals surface area contributed by atoms with Crippen molar-refractivity contribution in [2.75, 3.05) is 5.32 Å². The molecule has 174 valence electrons. The van der Waals surface area contributed by atoms with Crippen molar-refractivity contribution in [2.45, 2.75) is 32.0 Å². The van der Waals surface area contributed by atoms with Gasteiger partial charge in [0.05, 0.1) is 23.5 Å². The first kappa shape index (κ1) is 21.9. The highest BCUT2D eigenvalue weighted by Gasteiger charge is 2.41. The van der Waals surface area contributed by atoms with Gasteiger partial charge in [0.1, 0.15) is 5.69 Å². The summed E-state index contributed by atoms with van der Waals surface area (Å²) in [5, 5.41) is 10.7. The summed E-state index contributed by atoms with van der Waals surface area (Å²) in [5.41, 5.74) is 0.987. The standard InChI is InChI=1S/C24H20F3N5O2/c1-14-5-8-17(18(10-14)24(25,26)27)22(15-6-7-15)32-13-16(12-29-32)30-23(33)20-11-21(34-31-20)19-4-2-3-9-28-19/h2-5,8-13,15,22H,6-7H2,1H3,(H,30,33). The molecule has 5 rings (SSSR count). The highest BCUT2D eigenvalue weighted by atomic mass is 19.4. The molecule has 0 radical (unpaired) electrons. The van der Waals surface area contributed by atoms with Gasteiger partial charge in [-0.15, -0.1) is 0 Å². The van der Waals surface area contributed by atoms with Crippen molar-refractivity contribution in [3.05, 3.63) is 83.4 Å². The van der Waals surface area contributed by atoms with E-state index in [1.54, 1.807) is 43.6 Å². The van der Waals surface area contributed by atoms with Gasteiger partial charge >= 0.3 is 6.18 Å². The lowest BCUT2D eigenvalue weighted by Crippen LogP contribution is -2.19. The minimum atomic E-state index is -4.48. The van der Waals surface area contributed by atoms with Gasteiger partial charge in [0.2, 0.25) is 0 Å². The van der Waals surface area contributed by atoms with Crippen LogP contribution < -0.4 is 5.32 Å². The van der Waals surface area contributed by atoms with Crippen LogP contribution in [0.3, 0.4) is 0 Å². The number of aromatic nitrogens is 4. The van der Waals surface area contributed by atoms with Crippen LogP contribution in [0.1, 0.15) is 46.1 Å². The number of alkyl halides is 3. The molecule has 1 aromatic carbocycles. The maximum absolute atomic E-state index is 13.8. The molecule has 10 heteroatoms. The van der Waals surface area contributed by atoms with Gasteiger partial charge in [-0.05, 0) is 49.4 Å². The number of halogens is 3. The third-order valence-corrected chi connectivity index (χ3v) is 5.71. The number of carbonyl (C=O) groups excluding carboxylic acids is 1. The van der Waals surface area contributed by atoms with Crippen LogP contribution in [0.5, 0.6) is 0 Å². The monoisotopic (exact) mass is 467 g/mol. The van der Waals surface area contributed by atoms with Crippen LogP contribution in [0.2, 0.25) is 0 Å². The van der Waals surface area contributed by atoms with E-state index in [-0.39, 0.29) is 17.2 Å². The fourth-order valence-electron chi connectivity index (χ4n) is 3.96. The van der Waals surface area contributed by atoms with E-state index in [4.69, 9.17) is 4.52 Å². The van der Waals surface area contributed by atoms with E-state index in [1.165, 1.54) is 29.1 Å². The molecule has 0 saturated heterocycles. The largest absolute Gasteiger partial charge is 0.416 e. The summed E-state index contributed by atoms with van der Waals surface area (Å²) in [5.74, 6) is -0.141. The molecule has 34 heavy (non-hydrogen) atoms. The van der Waals surface area contributed by atoms with Crippen LogP contribution in [0, 0.1) is 12.8 Å². The van der Waals surface area contributed by atoms with Crippen molar-refractivity contribution in [1.82, 2.24) is 19.9 Å². The van der Waals surface area contributed by atoms with Crippen LogP contribution in [0.15, 0.2) is 65.6 Å². The fraction of sp³-hybridized carbons (Fsp3) is 0.250. The molecule has 1 saturated carbocycles. The average Bonchev–Trinajstić information content (AvgIpc) is 3.32. The molecular formula is C24H20F3N5O2. The highest BCUT2D eigenvalue weighted by Crippen LogP contribution is 2.47. The molecule has 1 amide bonds. The zero-order chi connectivity index (χ0) is 23.9. The first-order chi connectivity index (χ1) is 16.3. The van der Waals surface area contributed by atoms with E-state index < -0.39 is 23.7 Å². The molecule has 1 aliphatic rings. The lowest BCUT2D eigenvalue weighted by molar-refractivity contribution is -0.138. The normalized spacial score (nSPS) is 14.7. The van der Waals surface area contributed by atoms with E-state index in [0.29, 0.717) is 22.7 Å². The van der Waals surface area contributed by atoms with Gasteiger partial charge in [-0.25, -0.2) is 0 Å². The van der Waals surface area contributed by atoms with Gasteiger partial charge in [0.15, 0.2) is 11.5 Å². The summed E-state index contributed by atoms with van der Waals surface area (Å²) < 4.78 is 48.0. The van der Waals surface area contributed by atoms with Crippen molar-refractivity contribution >= 4 is 11.6 Å². The summed E-state index contributed by atoms with van der Waals surface area (Å²) in [4.78, 5) is 16.8. The minimum Gasteiger partial charge on any atom is -0.354 e. The second-order valence-corrected chi connectivity index (χ2v) is 8.33. The van der Waals surface area contributed by atoms with Crippen LogP contribution in [0.25, 0.3) is 11.5 Å². The lowest BCUT2D eigenvalue weighted by Gasteiger charge is -2.22. The number of benzene rings is 1. The number of nitrogens with one attached hydrogen (secondary N) is 1. The Morgan fingerprint density at radius 1 is 1.21 bits per heavy atom. The molecule has 1 aliphatic carbocycles. The summed E-state index contributed by atoms with van der Waals surface area (Å²) in [6.45, 7) is 1.63. The number of aryl methyl sites for hydroxylation is 1. The first-order valence-corrected chi connectivity index (χ1v) is 10.7. The van der Waals surface area contributed by atoms with Crippen molar-refractivity contribution in [1.29, 1.82) is 0 Å². The highest BCUT2D eigenvalue weighted by molar-refractivity contribution is 6.03. The number of pyridine rings is 1. The van der Waals surface area contributed by atoms with Crippen molar-refractivity contribution in [3.63, 3.8) is 0 Å². The number of nitrogens with zero attached hydrogens (tertiary/aromatic N) is 4. The van der Waals surface area contributed by atoms with Gasteiger partial charge in [-0.3, -0.25) is 14.5 Å². The Morgan fingerprint density at radius 2 is 2.03 bits per heavy atom. The third kappa shape index (κ3) is 4.43. The van der Waals surface area contributed by atoms with E-state index >= 15 is 0 Å². The molecule has 0 aliphatic heterocycles. The number of hydrogen-bond donors (Lipinski definition) is 1. The predicted molar refractivity (Wildman–Crippen MR) is 117 cm³/mol. The van der Waals surface area contributed by atoms with Gasteiger partial charge in [0, 0.05) is 18.5 Å². The zero-order valence-electron chi connectivity index (χ0n) is 18.1. The number of anilines is 1. The number of carbonyl (C=O) groups is 1. The smallest absolute Gasteiger partial charge is 0.354 e. The maximum Gasteiger partial charge on any atom is 0.416 e. The third-order valence-electron chi connectivity index (χ3n) is 5.71. The lowest BCUT2D eigenvalue weighted by atomic mass is 9.95. The van der Waals surface area contributed by atoms with Crippen molar-refractivity contribution in [3.8, 4) is 11.5 Å². The summed E-state index contributed by atoms with van der Waals surface area (Å²) >= 11 is 0. The van der Waals surface area contributed by atoms with Crippen LogP contribution in [-0.2, 0) is 6.18 Å². The van der Waals surface area contributed by atoms with Crippen LogP contribution in [-0.4, -0.2) is 25.8 Å². The molecule has 7 nitrogen and oxygen atoms in total. The van der Waals surface area contributed by atoms with Crippen molar-refractivity contribution < 1.29 is 22.5 Å². The Labute approximate surface area is 192 Å². The second kappa shape index (κ2) is 8.44. The molecule has 0 spiro atoms. The number of hydrogen-bond acceptors (Lipinski definition) is 5. The average molecular weight is 467 g/mol. The Balaban J connectivity index is 1.38. The quantitative estimate of drug-likeness (QED) is 0.404. The molecular weight excluding hydrogens is 447 g/mol. The molecule has 1 atom stereocenters. The fourth-order valence-corrected chi connectivity index (χ4v) is 3.96. The summed E-state index contributed by atoms with van der Waals surface area (Å²) in [6, 6.07) is 10.5.